The Kier molecular flexibility index (Phi) is 19.5. The molecule has 0 saturated carbocycles. The number of carbonyl (C=O) groups is 1. The molecule has 0 aliphatic heterocycles. The summed E-state index contributed by atoms with van der Waals surface area (Å²) < 4.78 is 4.73. The summed E-state index contributed by atoms with van der Waals surface area (Å²) in [6, 6.07) is 0. The lowest BCUT2D eigenvalue weighted by molar-refractivity contribution is -0.106. The van der Waals surface area contributed by atoms with Gasteiger partial charge in [0.2, 0.25) is 6.41 Å². The zero-order valence-electron chi connectivity index (χ0n) is 5.54. The summed E-state index contributed by atoms with van der Waals surface area (Å²) in [6.07, 6.45) is 0.250. The van der Waals surface area contributed by atoms with Gasteiger partial charge in [-0.3, -0.25) is 4.79 Å². The second-order valence-corrected chi connectivity index (χ2v) is 1.06. The quantitative estimate of drug-likeness (QED) is 0.390. The summed E-state index contributed by atoms with van der Waals surface area (Å²) in [7, 11) is 0. The van der Waals surface area contributed by atoms with Crippen molar-refractivity contribution in [1.82, 2.24) is 0 Å². The van der Waals surface area contributed by atoms with Gasteiger partial charge in [-0.25, -0.2) is 0 Å². The second kappa shape index (κ2) is 15.7. The van der Waals surface area contributed by atoms with Crippen LogP contribution < -0.4 is 5.73 Å². The van der Waals surface area contributed by atoms with Crippen molar-refractivity contribution in [2.75, 3.05) is 19.8 Å². The molecule has 0 saturated heterocycles. The molecule has 56 valence electrons. The molecule has 0 heterocycles. The molecule has 0 aromatic heterocycles. The van der Waals surface area contributed by atoms with Crippen molar-refractivity contribution < 1.29 is 14.6 Å². The molecule has 0 aromatic rings. The number of ether oxygens (including phenoxy) is 1. The Bertz CT molecular complexity index is 45.5. The molecule has 0 unspecified atom stereocenters. The van der Waals surface area contributed by atoms with Crippen LogP contribution in [0.3, 0.4) is 0 Å². The fourth-order valence-corrected chi connectivity index (χ4v) is 0.209. The Hall–Kier alpha value is -0.610. The average molecular weight is 135 g/mol. The SMILES string of the molecule is CCOCCO.NC=O. The predicted molar refractivity (Wildman–Crippen MR) is 33.8 cm³/mol. The van der Waals surface area contributed by atoms with Crippen LogP contribution in [0.1, 0.15) is 6.92 Å². The predicted octanol–water partition coefficient (Wildman–Crippen LogP) is -0.883. The third-order valence-electron chi connectivity index (χ3n) is 0.440. The summed E-state index contributed by atoms with van der Waals surface area (Å²) in [4.78, 5) is 8.58. The molecule has 0 aromatic carbocycles. The molecule has 0 fully saturated rings. The van der Waals surface area contributed by atoms with Crippen LogP contribution >= 0.6 is 0 Å². The molecule has 0 bridgehead atoms. The third kappa shape index (κ3) is 37.6. The summed E-state index contributed by atoms with van der Waals surface area (Å²) in [6.45, 7) is 3.20. The molecule has 4 heteroatoms. The number of nitrogens with two attached hydrogens (primary N) is 1. The molecule has 0 rings (SSSR count). The maximum atomic E-state index is 8.58. The lowest BCUT2D eigenvalue weighted by atomic mass is 10.8. The molecule has 0 aliphatic rings. The van der Waals surface area contributed by atoms with Crippen LogP contribution in [0.25, 0.3) is 0 Å². The van der Waals surface area contributed by atoms with Crippen LogP contribution in [0.15, 0.2) is 0 Å². The molecular weight excluding hydrogens is 122 g/mol. The van der Waals surface area contributed by atoms with Crippen molar-refractivity contribution in [2.45, 2.75) is 6.92 Å². The van der Waals surface area contributed by atoms with E-state index in [0.29, 0.717) is 13.2 Å². The van der Waals surface area contributed by atoms with Crippen LogP contribution in [0.5, 0.6) is 0 Å². The first kappa shape index (κ1) is 11.2. The van der Waals surface area contributed by atoms with E-state index in [4.69, 9.17) is 14.6 Å². The summed E-state index contributed by atoms with van der Waals surface area (Å²) in [5, 5.41) is 8.07. The lowest BCUT2D eigenvalue weighted by Crippen LogP contribution is -1.96. The first-order valence-corrected chi connectivity index (χ1v) is 2.67. The highest BCUT2D eigenvalue weighted by Gasteiger charge is 1.73. The van der Waals surface area contributed by atoms with Gasteiger partial charge in [0.05, 0.1) is 13.2 Å². The van der Waals surface area contributed by atoms with Gasteiger partial charge in [-0.15, -0.1) is 0 Å². The van der Waals surface area contributed by atoms with Crippen molar-refractivity contribution in [3.05, 3.63) is 0 Å². The van der Waals surface area contributed by atoms with E-state index in [1.807, 2.05) is 6.92 Å². The monoisotopic (exact) mass is 135 g/mol. The third-order valence-corrected chi connectivity index (χ3v) is 0.440. The molecule has 1 amide bonds. The van der Waals surface area contributed by atoms with E-state index in [-0.39, 0.29) is 13.0 Å². The smallest absolute Gasteiger partial charge is 0.204 e. The Balaban J connectivity index is 0. The number of primary amides is 1. The molecule has 0 atom stereocenters. The summed E-state index contributed by atoms with van der Waals surface area (Å²) in [5.74, 6) is 0. The van der Waals surface area contributed by atoms with Gasteiger partial charge in [0.1, 0.15) is 0 Å². The first-order valence-electron chi connectivity index (χ1n) is 2.67. The van der Waals surface area contributed by atoms with Gasteiger partial charge in [-0.2, -0.15) is 0 Å². The van der Waals surface area contributed by atoms with Crippen molar-refractivity contribution in [1.29, 1.82) is 0 Å². The van der Waals surface area contributed by atoms with E-state index in [9.17, 15) is 0 Å². The molecule has 0 aliphatic carbocycles. The second-order valence-electron chi connectivity index (χ2n) is 1.06. The number of carbonyl (C=O) groups excluding carboxylic acids is 1. The highest BCUT2D eigenvalue weighted by atomic mass is 16.5. The minimum Gasteiger partial charge on any atom is -0.394 e. The fraction of sp³-hybridized carbons (Fsp3) is 0.800. The first-order chi connectivity index (χ1) is 4.33. The Labute approximate surface area is 54.6 Å². The van der Waals surface area contributed by atoms with Crippen molar-refractivity contribution >= 4 is 6.41 Å². The number of aliphatic hydroxyl groups excluding tert-OH is 1. The van der Waals surface area contributed by atoms with Gasteiger partial charge in [-0.1, -0.05) is 0 Å². The van der Waals surface area contributed by atoms with Crippen molar-refractivity contribution in [3.63, 3.8) is 0 Å². The van der Waals surface area contributed by atoms with E-state index >= 15 is 0 Å². The van der Waals surface area contributed by atoms with Crippen LogP contribution in [-0.2, 0) is 9.53 Å². The molecular formula is C5H13NO3. The maximum absolute atomic E-state index is 8.58. The minimum absolute atomic E-state index is 0.133. The van der Waals surface area contributed by atoms with Gasteiger partial charge in [0.25, 0.3) is 0 Å². The van der Waals surface area contributed by atoms with Gasteiger partial charge in [-0.05, 0) is 6.92 Å². The van der Waals surface area contributed by atoms with Gasteiger partial charge in [0.15, 0.2) is 0 Å². The molecule has 3 N–H and O–H groups in total. The van der Waals surface area contributed by atoms with Gasteiger partial charge < -0.3 is 15.6 Å². The highest BCUT2D eigenvalue weighted by Crippen LogP contribution is 1.66. The topological polar surface area (TPSA) is 72.6 Å². The van der Waals surface area contributed by atoms with Crippen LogP contribution in [0, 0.1) is 0 Å². The standard InChI is InChI=1S/C4H10O2.CH3NO/c1-2-6-4-3-5;2-1-3/h5H,2-4H2,1H3;1H,(H2,2,3). The van der Waals surface area contributed by atoms with Gasteiger partial charge in [0, 0.05) is 6.61 Å². The Morgan fingerprint density at radius 1 is 1.78 bits per heavy atom. The Morgan fingerprint density at radius 3 is 2.33 bits per heavy atom. The zero-order valence-corrected chi connectivity index (χ0v) is 5.54. The van der Waals surface area contributed by atoms with Crippen molar-refractivity contribution in [2.24, 2.45) is 5.73 Å². The fourth-order valence-electron chi connectivity index (χ4n) is 0.209. The van der Waals surface area contributed by atoms with E-state index in [1.54, 1.807) is 0 Å². The van der Waals surface area contributed by atoms with Crippen molar-refractivity contribution in [3.8, 4) is 0 Å². The Morgan fingerprint density at radius 2 is 2.22 bits per heavy atom. The van der Waals surface area contributed by atoms with E-state index in [1.165, 1.54) is 0 Å². The van der Waals surface area contributed by atoms with Gasteiger partial charge >= 0.3 is 0 Å². The molecule has 0 spiro atoms. The summed E-state index contributed by atoms with van der Waals surface area (Å²) >= 11 is 0. The number of hydrogen-bond donors (Lipinski definition) is 2. The number of rotatable bonds is 3. The van der Waals surface area contributed by atoms with Crippen LogP contribution in [0.4, 0.5) is 0 Å². The average Bonchev–Trinajstić information content (AvgIpc) is 1.86. The maximum Gasteiger partial charge on any atom is 0.204 e. The van der Waals surface area contributed by atoms with E-state index in [2.05, 4.69) is 5.73 Å². The number of amides is 1. The van der Waals surface area contributed by atoms with E-state index in [0.717, 1.165) is 0 Å². The van der Waals surface area contributed by atoms with Crippen LogP contribution in [-0.4, -0.2) is 31.3 Å². The number of aliphatic hydroxyl groups is 1. The highest BCUT2D eigenvalue weighted by molar-refractivity contribution is 5.42. The molecule has 9 heavy (non-hydrogen) atoms. The minimum atomic E-state index is 0.133. The normalized spacial score (nSPS) is 7.33. The van der Waals surface area contributed by atoms with E-state index < -0.39 is 0 Å². The number of hydrogen-bond acceptors (Lipinski definition) is 3. The largest absolute Gasteiger partial charge is 0.394 e. The summed E-state index contributed by atoms with van der Waals surface area (Å²) in [5.41, 5.74) is 4.17. The molecule has 4 nitrogen and oxygen atoms in total. The molecule has 0 radical (unpaired) electrons. The lowest BCUT2D eigenvalue weighted by Gasteiger charge is -1.91. The van der Waals surface area contributed by atoms with Crippen LogP contribution in [0.2, 0.25) is 0 Å². The zero-order chi connectivity index (χ0) is 7.54.